The lowest BCUT2D eigenvalue weighted by atomic mass is 9.99. The van der Waals surface area contributed by atoms with Crippen molar-refractivity contribution in [3.05, 3.63) is 93.5 Å². The fraction of sp³-hybridized carbons (Fsp3) is 0.222. The Bertz CT molecular complexity index is 1270. The molecule has 3 aromatic rings. The Labute approximate surface area is 219 Å². The van der Waals surface area contributed by atoms with Crippen LogP contribution >= 0.6 is 23.2 Å². The summed E-state index contributed by atoms with van der Waals surface area (Å²) in [5.74, 6) is 0.606. The summed E-state index contributed by atoms with van der Waals surface area (Å²) in [5.41, 5.74) is 4.94. The molecule has 3 aromatic carbocycles. The molecule has 9 heteroatoms. The number of rotatable bonds is 9. The van der Waals surface area contributed by atoms with Gasteiger partial charge in [0, 0.05) is 40.1 Å². The summed E-state index contributed by atoms with van der Waals surface area (Å²) in [4.78, 5) is 26.4. The molecule has 1 N–H and O–H groups in total. The summed E-state index contributed by atoms with van der Waals surface area (Å²) in [6, 6.07) is 20.3. The predicted molar refractivity (Wildman–Crippen MR) is 140 cm³/mol. The summed E-state index contributed by atoms with van der Waals surface area (Å²) < 4.78 is 11.4. The van der Waals surface area contributed by atoms with Crippen LogP contribution < -0.4 is 14.9 Å². The molecular formula is C27H25Cl2N3O4. The molecule has 0 spiro atoms. The summed E-state index contributed by atoms with van der Waals surface area (Å²) in [5, 5.41) is 5.09. The highest BCUT2D eigenvalue weighted by atomic mass is 35.5. The number of likely N-dealkylation sites (tertiary alicyclic amines) is 1. The molecule has 0 bridgehead atoms. The maximum absolute atomic E-state index is 12.5. The normalized spacial score (nSPS) is 15.4. The molecule has 36 heavy (non-hydrogen) atoms. The SMILES string of the molecule is COc1cccc(/C=N\NC(=O)CN2C[C@H](c3ccccc3)CC2=O)c1OCc1ccc(Cl)cc1Cl. The fourth-order valence-corrected chi connectivity index (χ4v) is 4.46. The summed E-state index contributed by atoms with van der Waals surface area (Å²) in [6.07, 6.45) is 1.86. The van der Waals surface area contributed by atoms with Crippen LogP contribution in [-0.4, -0.2) is 43.1 Å². The molecule has 7 nitrogen and oxygen atoms in total. The average molecular weight is 526 g/mol. The monoisotopic (exact) mass is 525 g/mol. The van der Waals surface area contributed by atoms with Gasteiger partial charge in [-0.15, -0.1) is 0 Å². The minimum atomic E-state index is -0.383. The number of benzene rings is 3. The second-order valence-corrected chi connectivity index (χ2v) is 9.13. The van der Waals surface area contributed by atoms with Gasteiger partial charge in [-0.05, 0) is 29.8 Å². The molecule has 0 radical (unpaired) electrons. The Balaban J connectivity index is 1.37. The van der Waals surface area contributed by atoms with E-state index in [-0.39, 0.29) is 30.9 Å². The van der Waals surface area contributed by atoms with Crippen molar-refractivity contribution in [2.75, 3.05) is 20.2 Å². The van der Waals surface area contributed by atoms with E-state index in [1.807, 2.05) is 30.3 Å². The zero-order valence-corrected chi connectivity index (χ0v) is 21.1. The van der Waals surface area contributed by atoms with Gasteiger partial charge >= 0.3 is 0 Å². The van der Waals surface area contributed by atoms with Crippen molar-refractivity contribution in [3.8, 4) is 11.5 Å². The van der Waals surface area contributed by atoms with E-state index in [0.29, 0.717) is 40.1 Å². The van der Waals surface area contributed by atoms with Gasteiger partial charge in [0.1, 0.15) is 13.2 Å². The van der Waals surface area contributed by atoms with Crippen LogP contribution in [0.1, 0.15) is 29.0 Å². The third-order valence-corrected chi connectivity index (χ3v) is 6.42. The number of hydrogen-bond donors (Lipinski definition) is 1. The number of halogens is 2. The number of para-hydroxylation sites is 1. The van der Waals surface area contributed by atoms with Crippen molar-refractivity contribution in [3.63, 3.8) is 0 Å². The Morgan fingerprint density at radius 3 is 2.69 bits per heavy atom. The van der Waals surface area contributed by atoms with Crippen LogP contribution in [0.2, 0.25) is 10.0 Å². The van der Waals surface area contributed by atoms with Crippen LogP contribution in [0.3, 0.4) is 0 Å². The molecule has 1 fully saturated rings. The van der Waals surface area contributed by atoms with Crippen molar-refractivity contribution in [1.29, 1.82) is 0 Å². The molecule has 1 aliphatic rings. The van der Waals surface area contributed by atoms with Gasteiger partial charge in [-0.25, -0.2) is 5.43 Å². The summed E-state index contributed by atoms with van der Waals surface area (Å²) in [7, 11) is 1.54. The Hall–Kier alpha value is -3.55. The van der Waals surface area contributed by atoms with Crippen LogP contribution in [0.4, 0.5) is 0 Å². The maximum atomic E-state index is 12.5. The first-order chi connectivity index (χ1) is 17.4. The van der Waals surface area contributed by atoms with E-state index in [1.165, 1.54) is 13.3 Å². The first-order valence-electron chi connectivity index (χ1n) is 11.3. The van der Waals surface area contributed by atoms with E-state index in [4.69, 9.17) is 32.7 Å². The summed E-state index contributed by atoms with van der Waals surface area (Å²) in [6.45, 7) is 0.625. The number of methoxy groups -OCH3 is 1. The molecule has 0 unspecified atom stereocenters. The van der Waals surface area contributed by atoms with E-state index in [1.54, 1.807) is 41.3 Å². The first kappa shape index (κ1) is 25.5. The minimum absolute atomic E-state index is 0.0488. The van der Waals surface area contributed by atoms with Crippen molar-refractivity contribution in [2.45, 2.75) is 18.9 Å². The molecule has 1 saturated heterocycles. The number of nitrogens with one attached hydrogen (secondary N) is 1. The highest BCUT2D eigenvalue weighted by molar-refractivity contribution is 6.35. The van der Waals surface area contributed by atoms with Crippen LogP contribution in [-0.2, 0) is 16.2 Å². The van der Waals surface area contributed by atoms with E-state index in [9.17, 15) is 9.59 Å². The van der Waals surface area contributed by atoms with Crippen LogP contribution in [0.15, 0.2) is 71.8 Å². The van der Waals surface area contributed by atoms with E-state index >= 15 is 0 Å². The van der Waals surface area contributed by atoms with Crippen LogP contribution in [0.5, 0.6) is 11.5 Å². The molecule has 0 aromatic heterocycles. The number of amides is 2. The molecule has 1 heterocycles. The number of nitrogens with zero attached hydrogens (tertiary/aromatic N) is 2. The third-order valence-electron chi connectivity index (χ3n) is 5.83. The molecule has 0 saturated carbocycles. The standard InChI is InChI=1S/C27H25Cl2N3O4/c1-35-24-9-5-8-19(27(24)36-17-20-10-11-22(28)13-23(20)29)14-30-31-25(33)16-32-15-21(12-26(32)34)18-6-3-2-4-7-18/h2-11,13-14,21H,12,15-17H2,1H3,(H,31,33)/b30-14-/t21-/m1/s1. The highest BCUT2D eigenvalue weighted by Crippen LogP contribution is 2.32. The van der Waals surface area contributed by atoms with E-state index < -0.39 is 0 Å². The third kappa shape index (κ3) is 6.36. The topological polar surface area (TPSA) is 80.2 Å². The smallest absolute Gasteiger partial charge is 0.259 e. The van der Waals surface area contributed by atoms with Crippen molar-refractivity contribution < 1.29 is 19.1 Å². The molecule has 2 amide bonds. The largest absolute Gasteiger partial charge is 0.493 e. The van der Waals surface area contributed by atoms with Gasteiger partial charge < -0.3 is 14.4 Å². The molecular weight excluding hydrogens is 501 g/mol. The van der Waals surface area contributed by atoms with E-state index in [0.717, 1.165) is 11.1 Å². The molecule has 1 atom stereocenters. The minimum Gasteiger partial charge on any atom is -0.493 e. The average Bonchev–Trinajstić information content (AvgIpc) is 3.24. The zero-order chi connectivity index (χ0) is 25.5. The Morgan fingerprint density at radius 1 is 1.14 bits per heavy atom. The number of ether oxygens (including phenoxy) is 2. The lowest BCUT2D eigenvalue weighted by Gasteiger charge is -2.15. The van der Waals surface area contributed by atoms with Gasteiger partial charge in [-0.3, -0.25) is 9.59 Å². The number of hydrogen-bond acceptors (Lipinski definition) is 5. The number of carbonyl (C=O) groups is 2. The quantitative estimate of drug-likeness (QED) is 0.313. The van der Waals surface area contributed by atoms with Crippen LogP contribution in [0, 0.1) is 0 Å². The second kappa shape index (κ2) is 11.9. The maximum Gasteiger partial charge on any atom is 0.259 e. The van der Waals surface area contributed by atoms with Gasteiger partial charge in [-0.1, -0.05) is 65.7 Å². The van der Waals surface area contributed by atoms with Gasteiger partial charge in [-0.2, -0.15) is 5.10 Å². The van der Waals surface area contributed by atoms with E-state index in [2.05, 4.69) is 10.5 Å². The molecule has 186 valence electrons. The van der Waals surface area contributed by atoms with Gasteiger partial charge in [0.15, 0.2) is 11.5 Å². The first-order valence-corrected chi connectivity index (χ1v) is 12.1. The fourth-order valence-electron chi connectivity index (χ4n) is 3.99. The predicted octanol–water partition coefficient (Wildman–Crippen LogP) is 5.05. The zero-order valence-electron chi connectivity index (χ0n) is 19.6. The molecule has 4 rings (SSSR count). The number of hydrazone groups is 1. The molecule has 0 aliphatic carbocycles. The summed E-state index contributed by atoms with van der Waals surface area (Å²) >= 11 is 12.2. The number of carbonyl (C=O) groups excluding carboxylic acids is 2. The van der Waals surface area contributed by atoms with Gasteiger partial charge in [0.25, 0.3) is 5.91 Å². The Morgan fingerprint density at radius 2 is 1.94 bits per heavy atom. The molecule has 1 aliphatic heterocycles. The van der Waals surface area contributed by atoms with Gasteiger partial charge in [0.05, 0.1) is 13.3 Å². The Kier molecular flexibility index (Phi) is 8.46. The van der Waals surface area contributed by atoms with Gasteiger partial charge in [0.2, 0.25) is 5.91 Å². The highest BCUT2D eigenvalue weighted by Gasteiger charge is 2.31. The van der Waals surface area contributed by atoms with Crippen LogP contribution in [0.25, 0.3) is 0 Å². The lowest BCUT2D eigenvalue weighted by Crippen LogP contribution is -2.36. The lowest BCUT2D eigenvalue weighted by molar-refractivity contribution is -0.133. The second-order valence-electron chi connectivity index (χ2n) is 8.28. The van der Waals surface area contributed by atoms with Crippen molar-refractivity contribution in [1.82, 2.24) is 10.3 Å². The van der Waals surface area contributed by atoms with Crippen molar-refractivity contribution in [2.24, 2.45) is 5.10 Å². The van der Waals surface area contributed by atoms with Crippen molar-refractivity contribution >= 4 is 41.2 Å².